The Kier molecular flexibility index (Phi) is 9.19. The Morgan fingerprint density at radius 3 is 2.55 bits per heavy atom. The van der Waals surface area contributed by atoms with Gasteiger partial charge in [-0.15, -0.1) is 23.1 Å². The number of hydrogen-bond acceptors (Lipinski definition) is 7. The van der Waals surface area contributed by atoms with E-state index in [4.69, 9.17) is 4.74 Å². The molecule has 1 aliphatic heterocycles. The van der Waals surface area contributed by atoms with Crippen molar-refractivity contribution in [2.75, 3.05) is 29.5 Å². The molecule has 2 N–H and O–H groups in total. The molecule has 0 fully saturated rings. The summed E-state index contributed by atoms with van der Waals surface area (Å²) in [6.45, 7) is 4.42. The molecule has 0 bridgehead atoms. The molecule has 38 heavy (non-hydrogen) atoms. The monoisotopic (exact) mass is 551 g/mol. The van der Waals surface area contributed by atoms with E-state index < -0.39 is 5.97 Å². The summed E-state index contributed by atoms with van der Waals surface area (Å²) in [5.41, 5.74) is 2.81. The molecule has 10 heteroatoms. The molecule has 4 rings (SSSR count). The highest BCUT2D eigenvalue weighted by Gasteiger charge is 2.30. The van der Waals surface area contributed by atoms with Crippen LogP contribution < -0.4 is 10.6 Å². The van der Waals surface area contributed by atoms with Gasteiger partial charge >= 0.3 is 5.97 Å². The number of anilines is 2. The molecule has 0 atom stereocenters. The number of amides is 3. The van der Waals surface area contributed by atoms with Gasteiger partial charge < -0.3 is 20.3 Å². The van der Waals surface area contributed by atoms with Crippen molar-refractivity contribution < 1.29 is 23.9 Å². The van der Waals surface area contributed by atoms with E-state index in [-0.39, 0.29) is 36.5 Å². The van der Waals surface area contributed by atoms with Gasteiger partial charge in [0.1, 0.15) is 5.00 Å². The molecule has 1 aromatic heterocycles. The molecule has 2 aromatic carbocycles. The molecule has 0 radical (unpaired) electrons. The first-order valence-corrected chi connectivity index (χ1v) is 14.1. The van der Waals surface area contributed by atoms with Crippen molar-refractivity contribution in [3.8, 4) is 0 Å². The van der Waals surface area contributed by atoms with Crippen LogP contribution in [0.3, 0.4) is 0 Å². The Hall–Kier alpha value is -3.63. The van der Waals surface area contributed by atoms with Gasteiger partial charge in [-0.05, 0) is 42.7 Å². The van der Waals surface area contributed by atoms with Crippen molar-refractivity contribution >= 4 is 57.5 Å². The van der Waals surface area contributed by atoms with Crippen molar-refractivity contribution in [2.24, 2.45) is 0 Å². The van der Waals surface area contributed by atoms with Gasteiger partial charge in [0.05, 0.1) is 30.9 Å². The van der Waals surface area contributed by atoms with Crippen molar-refractivity contribution in [3.63, 3.8) is 0 Å². The normalized spacial score (nSPS) is 12.4. The van der Waals surface area contributed by atoms with Gasteiger partial charge in [-0.1, -0.05) is 36.4 Å². The lowest BCUT2D eigenvalue weighted by Crippen LogP contribution is -2.34. The van der Waals surface area contributed by atoms with Gasteiger partial charge in [0.2, 0.25) is 17.7 Å². The number of benzene rings is 2. The number of ether oxygens (including phenoxy) is 1. The minimum Gasteiger partial charge on any atom is -0.462 e. The first kappa shape index (κ1) is 27.4. The SMILES string of the molecule is CCOC(=O)c1c(NC(=O)CSc2cccc(NC(=O)Cc3ccccc3)c2)sc2c1CCN(C(C)=O)C2. The number of esters is 1. The summed E-state index contributed by atoms with van der Waals surface area (Å²) in [6, 6.07) is 16.8. The van der Waals surface area contributed by atoms with Gasteiger partial charge in [0, 0.05) is 28.9 Å². The predicted molar refractivity (Wildman–Crippen MR) is 150 cm³/mol. The van der Waals surface area contributed by atoms with Gasteiger partial charge in [-0.3, -0.25) is 14.4 Å². The lowest BCUT2D eigenvalue weighted by molar-refractivity contribution is -0.129. The highest BCUT2D eigenvalue weighted by molar-refractivity contribution is 8.00. The molecule has 3 amide bonds. The van der Waals surface area contributed by atoms with Crippen molar-refractivity contribution in [1.82, 2.24) is 4.90 Å². The minimum atomic E-state index is -0.469. The highest BCUT2D eigenvalue weighted by Crippen LogP contribution is 2.38. The first-order chi connectivity index (χ1) is 18.3. The summed E-state index contributed by atoms with van der Waals surface area (Å²) in [4.78, 5) is 53.3. The van der Waals surface area contributed by atoms with Crippen LogP contribution in [0.15, 0.2) is 59.5 Å². The molecular formula is C28H29N3O5S2. The topological polar surface area (TPSA) is 105 Å². The number of hydrogen-bond donors (Lipinski definition) is 2. The number of thiophene rings is 1. The summed E-state index contributed by atoms with van der Waals surface area (Å²) in [5.74, 6) is -0.759. The number of nitrogens with one attached hydrogen (secondary N) is 2. The fraction of sp³-hybridized carbons (Fsp3) is 0.286. The largest absolute Gasteiger partial charge is 0.462 e. The summed E-state index contributed by atoms with van der Waals surface area (Å²) in [6.07, 6.45) is 0.811. The summed E-state index contributed by atoms with van der Waals surface area (Å²) >= 11 is 2.64. The van der Waals surface area contributed by atoms with Gasteiger partial charge in [-0.2, -0.15) is 0 Å². The third kappa shape index (κ3) is 7.02. The van der Waals surface area contributed by atoms with Crippen LogP contribution in [0.4, 0.5) is 10.7 Å². The summed E-state index contributed by atoms with van der Waals surface area (Å²) < 4.78 is 5.26. The molecule has 0 aliphatic carbocycles. The minimum absolute atomic E-state index is 0.0257. The number of thioether (sulfide) groups is 1. The maximum atomic E-state index is 12.9. The highest BCUT2D eigenvalue weighted by atomic mass is 32.2. The quantitative estimate of drug-likeness (QED) is 0.294. The first-order valence-electron chi connectivity index (χ1n) is 12.3. The number of fused-ring (bicyclic) bond motifs is 1. The molecular weight excluding hydrogens is 522 g/mol. The molecule has 8 nitrogen and oxygen atoms in total. The maximum Gasteiger partial charge on any atom is 0.341 e. The standard InChI is InChI=1S/C28H29N3O5S2/c1-3-36-28(35)26-22-12-13-31(18(2)32)16-23(22)38-27(26)30-25(34)17-37-21-11-7-10-20(15-21)29-24(33)14-19-8-5-4-6-9-19/h4-11,15H,3,12-14,16-17H2,1-2H3,(H,29,33)(H,30,34). The fourth-order valence-electron chi connectivity index (χ4n) is 4.14. The third-order valence-electron chi connectivity index (χ3n) is 5.93. The van der Waals surface area contributed by atoms with E-state index in [1.165, 1.54) is 30.0 Å². The summed E-state index contributed by atoms with van der Waals surface area (Å²) in [5, 5.41) is 6.23. The van der Waals surface area contributed by atoms with Gasteiger partial charge in [0.25, 0.3) is 0 Å². The molecule has 0 spiro atoms. The van der Waals surface area contributed by atoms with Gasteiger partial charge in [-0.25, -0.2) is 4.79 Å². The zero-order valence-electron chi connectivity index (χ0n) is 21.2. The zero-order valence-corrected chi connectivity index (χ0v) is 22.9. The Labute approximate surface area is 229 Å². The molecule has 0 saturated heterocycles. The molecule has 0 saturated carbocycles. The number of carbonyl (C=O) groups excluding carboxylic acids is 4. The molecule has 3 aromatic rings. The van der Waals surface area contributed by atoms with E-state index >= 15 is 0 Å². The van der Waals surface area contributed by atoms with Crippen molar-refractivity contribution in [3.05, 3.63) is 76.2 Å². The second kappa shape index (κ2) is 12.7. The Balaban J connectivity index is 1.39. The second-order valence-electron chi connectivity index (χ2n) is 8.69. The average Bonchev–Trinajstić information content (AvgIpc) is 3.25. The van der Waals surface area contributed by atoms with Crippen molar-refractivity contribution in [1.29, 1.82) is 0 Å². The van der Waals surface area contributed by atoms with Crippen LogP contribution in [-0.2, 0) is 38.5 Å². The third-order valence-corrected chi connectivity index (χ3v) is 8.06. The second-order valence-corrected chi connectivity index (χ2v) is 10.8. The van der Waals surface area contributed by atoms with Crippen LogP contribution in [0.1, 0.15) is 40.2 Å². The lowest BCUT2D eigenvalue weighted by atomic mass is 10.0. The van der Waals surface area contributed by atoms with E-state index in [9.17, 15) is 19.2 Å². The Morgan fingerprint density at radius 1 is 1.03 bits per heavy atom. The van der Waals surface area contributed by atoms with Crippen LogP contribution in [0, 0.1) is 0 Å². The smallest absolute Gasteiger partial charge is 0.341 e. The Morgan fingerprint density at radius 2 is 1.82 bits per heavy atom. The van der Waals surface area contributed by atoms with E-state index in [1.807, 2.05) is 48.5 Å². The molecule has 2 heterocycles. The van der Waals surface area contributed by atoms with E-state index in [1.54, 1.807) is 17.9 Å². The van der Waals surface area contributed by atoms with Crippen LogP contribution in [0.2, 0.25) is 0 Å². The van der Waals surface area contributed by atoms with Crippen LogP contribution >= 0.6 is 23.1 Å². The molecule has 198 valence electrons. The maximum absolute atomic E-state index is 12.9. The lowest BCUT2D eigenvalue weighted by Gasteiger charge is -2.25. The predicted octanol–water partition coefficient (Wildman–Crippen LogP) is 4.74. The molecule has 0 unspecified atom stereocenters. The number of nitrogens with zero attached hydrogens (tertiary/aromatic N) is 1. The zero-order chi connectivity index (χ0) is 27.1. The fourth-order valence-corrected chi connectivity index (χ4v) is 6.16. The van der Waals surface area contributed by atoms with Crippen LogP contribution in [-0.4, -0.2) is 47.5 Å². The van der Waals surface area contributed by atoms with Gasteiger partial charge in [0.15, 0.2) is 0 Å². The number of carbonyl (C=O) groups is 4. The number of rotatable bonds is 9. The van der Waals surface area contributed by atoms with Crippen molar-refractivity contribution in [2.45, 2.75) is 38.1 Å². The van der Waals surface area contributed by atoms with E-state index in [2.05, 4.69) is 10.6 Å². The summed E-state index contributed by atoms with van der Waals surface area (Å²) in [7, 11) is 0. The van der Waals surface area contributed by atoms with Crippen LogP contribution in [0.5, 0.6) is 0 Å². The van der Waals surface area contributed by atoms with E-state index in [0.717, 1.165) is 20.9 Å². The molecule has 1 aliphatic rings. The Bertz CT molecular complexity index is 1340. The van der Waals surface area contributed by atoms with Crippen LogP contribution in [0.25, 0.3) is 0 Å². The average molecular weight is 552 g/mol. The van der Waals surface area contributed by atoms with E-state index in [0.29, 0.717) is 35.8 Å².